The van der Waals surface area contributed by atoms with Crippen LogP contribution in [0.25, 0.3) is 0 Å². The SMILES string of the molecule is CN(CC1CCCO1)c1c(F)cc(C(N)=NO)cc1F. The Morgan fingerprint density at radius 1 is 1.50 bits per heavy atom. The Morgan fingerprint density at radius 2 is 2.15 bits per heavy atom. The zero-order valence-corrected chi connectivity index (χ0v) is 11.1. The lowest BCUT2D eigenvalue weighted by Gasteiger charge is -2.24. The van der Waals surface area contributed by atoms with Crippen molar-refractivity contribution in [1.29, 1.82) is 0 Å². The molecule has 1 fully saturated rings. The van der Waals surface area contributed by atoms with E-state index >= 15 is 0 Å². The maximum absolute atomic E-state index is 14.0. The first kappa shape index (κ1) is 14.5. The van der Waals surface area contributed by atoms with Gasteiger partial charge in [-0.15, -0.1) is 0 Å². The van der Waals surface area contributed by atoms with Crippen molar-refractivity contribution in [2.75, 3.05) is 25.1 Å². The van der Waals surface area contributed by atoms with Gasteiger partial charge in [0.2, 0.25) is 0 Å². The second kappa shape index (κ2) is 6.04. The Kier molecular flexibility index (Phi) is 4.39. The monoisotopic (exact) mass is 285 g/mol. The predicted molar refractivity (Wildman–Crippen MR) is 71.1 cm³/mol. The third kappa shape index (κ3) is 2.98. The van der Waals surface area contributed by atoms with Gasteiger partial charge in [-0.3, -0.25) is 0 Å². The molecular formula is C13H17F2N3O2. The molecule has 3 N–H and O–H groups in total. The van der Waals surface area contributed by atoms with Crippen molar-refractivity contribution >= 4 is 11.5 Å². The number of hydrogen-bond acceptors (Lipinski definition) is 4. The number of halogens is 2. The number of likely N-dealkylation sites (N-methyl/N-ethyl adjacent to an activating group) is 1. The number of hydrogen-bond donors (Lipinski definition) is 2. The number of oxime groups is 1. The summed E-state index contributed by atoms with van der Waals surface area (Å²) in [6.45, 7) is 1.10. The Hall–Kier alpha value is -1.89. The van der Waals surface area contributed by atoms with Crippen LogP contribution >= 0.6 is 0 Å². The third-order valence-electron chi connectivity index (χ3n) is 3.30. The van der Waals surface area contributed by atoms with E-state index in [2.05, 4.69) is 5.16 Å². The van der Waals surface area contributed by atoms with E-state index < -0.39 is 11.6 Å². The van der Waals surface area contributed by atoms with Gasteiger partial charge in [0.05, 0.1) is 6.10 Å². The van der Waals surface area contributed by atoms with Crippen LogP contribution in [0.3, 0.4) is 0 Å². The summed E-state index contributed by atoms with van der Waals surface area (Å²) in [4.78, 5) is 1.48. The average molecular weight is 285 g/mol. The number of rotatable bonds is 4. The lowest BCUT2D eigenvalue weighted by Crippen LogP contribution is -2.30. The van der Waals surface area contributed by atoms with Crippen molar-refractivity contribution in [1.82, 2.24) is 0 Å². The van der Waals surface area contributed by atoms with E-state index in [9.17, 15) is 8.78 Å². The summed E-state index contributed by atoms with van der Waals surface area (Å²) < 4.78 is 33.5. The van der Waals surface area contributed by atoms with Crippen molar-refractivity contribution in [2.45, 2.75) is 18.9 Å². The summed E-state index contributed by atoms with van der Waals surface area (Å²) in [5.41, 5.74) is 5.18. The Balaban J connectivity index is 2.22. The minimum absolute atomic E-state index is 0.00299. The minimum Gasteiger partial charge on any atom is -0.409 e. The number of amidine groups is 1. The van der Waals surface area contributed by atoms with Crippen LogP contribution in [0.4, 0.5) is 14.5 Å². The van der Waals surface area contributed by atoms with Crippen LogP contribution in [0.15, 0.2) is 17.3 Å². The summed E-state index contributed by atoms with van der Waals surface area (Å²) >= 11 is 0. The molecule has 0 radical (unpaired) electrons. The first-order valence-corrected chi connectivity index (χ1v) is 6.32. The van der Waals surface area contributed by atoms with E-state index in [1.165, 1.54) is 4.90 Å². The lowest BCUT2D eigenvalue weighted by molar-refractivity contribution is 0.116. The maximum atomic E-state index is 14.0. The summed E-state index contributed by atoms with van der Waals surface area (Å²) in [6.07, 6.45) is 1.84. The highest BCUT2D eigenvalue weighted by molar-refractivity contribution is 5.97. The molecule has 0 saturated carbocycles. The maximum Gasteiger partial charge on any atom is 0.170 e. The molecule has 0 bridgehead atoms. The van der Waals surface area contributed by atoms with E-state index in [4.69, 9.17) is 15.7 Å². The standard InChI is InChI=1S/C13H17F2N3O2/c1-18(7-9-3-2-4-20-9)12-10(14)5-8(6-11(12)15)13(16)17-19/h5-6,9,19H,2-4,7H2,1H3,(H2,16,17). The van der Waals surface area contributed by atoms with Crippen LogP contribution in [0.5, 0.6) is 0 Å². The summed E-state index contributed by atoms with van der Waals surface area (Å²) in [6, 6.07) is 2.08. The Labute approximate surface area is 115 Å². The number of ether oxygens (including phenoxy) is 1. The molecule has 0 spiro atoms. The van der Waals surface area contributed by atoms with Gasteiger partial charge < -0.3 is 20.6 Å². The highest BCUT2D eigenvalue weighted by atomic mass is 19.1. The molecule has 0 aliphatic carbocycles. The summed E-state index contributed by atoms with van der Waals surface area (Å²) in [5.74, 6) is -1.85. The van der Waals surface area contributed by atoms with Crippen molar-refractivity contribution in [2.24, 2.45) is 10.9 Å². The minimum atomic E-state index is -0.757. The van der Waals surface area contributed by atoms with Gasteiger partial charge in [-0.1, -0.05) is 5.16 Å². The predicted octanol–water partition coefficient (Wildman–Crippen LogP) is 1.67. The Morgan fingerprint density at radius 3 is 2.65 bits per heavy atom. The van der Waals surface area contributed by atoms with E-state index in [0.29, 0.717) is 13.2 Å². The summed E-state index contributed by atoms with van der Waals surface area (Å²) in [5, 5.41) is 11.3. The highest BCUT2D eigenvalue weighted by Gasteiger charge is 2.22. The molecule has 0 aromatic heterocycles. The second-order valence-electron chi connectivity index (χ2n) is 4.79. The molecule has 1 aliphatic rings. The van der Waals surface area contributed by atoms with Crippen LogP contribution in [-0.4, -0.2) is 37.3 Å². The number of nitrogens with two attached hydrogens (primary N) is 1. The smallest absolute Gasteiger partial charge is 0.170 e. The van der Waals surface area contributed by atoms with Crippen LogP contribution in [0.2, 0.25) is 0 Å². The fraction of sp³-hybridized carbons (Fsp3) is 0.462. The fourth-order valence-corrected chi connectivity index (χ4v) is 2.32. The highest BCUT2D eigenvalue weighted by Crippen LogP contribution is 2.25. The first-order chi connectivity index (χ1) is 9.52. The second-order valence-corrected chi connectivity index (χ2v) is 4.79. The van der Waals surface area contributed by atoms with Gasteiger partial charge >= 0.3 is 0 Å². The van der Waals surface area contributed by atoms with Crippen molar-refractivity contribution in [3.05, 3.63) is 29.3 Å². The molecule has 1 aromatic carbocycles. The van der Waals surface area contributed by atoms with Gasteiger partial charge in [-0.25, -0.2) is 8.78 Å². The van der Waals surface area contributed by atoms with E-state index in [0.717, 1.165) is 25.0 Å². The number of nitrogens with zero attached hydrogens (tertiary/aromatic N) is 2. The number of anilines is 1. The molecule has 1 aromatic rings. The van der Waals surface area contributed by atoms with Gasteiger partial charge in [-0.2, -0.15) is 0 Å². The van der Waals surface area contributed by atoms with E-state index in [1.807, 2.05) is 0 Å². The van der Waals surface area contributed by atoms with Gasteiger partial charge in [0, 0.05) is 25.8 Å². The first-order valence-electron chi connectivity index (χ1n) is 6.32. The van der Waals surface area contributed by atoms with Crippen molar-refractivity contribution in [3.8, 4) is 0 Å². The van der Waals surface area contributed by atoms with Gasteiger partial charge in [0.1, 0.15) is 17.3 Å². The zero-order valence-electron chi connectivity index (χ0n) is 11.1. The van der Waals surface area contributed by atoms with Crippen LogP contribution in [-0.2, 0) is 4.74 Å². The normalized spacial score (nSPS) is 19.4. The van der Waals surface area contributed by atoms with Gasteiger partial charge in [0.25, 0.3) is 0 Å². The largest absolute Gasteiger partial charge is 0.409 e. The van der Waals surface area contributed by atoms with Crippen LogP contribution in [0, 0.1) is 11.6 Å². The fourth-order valence-electron chi connectivity index (χ4n) is 2.32. The van der Waals surface area contributed by atoms with Gasteiger partial charge in [0.15, 0.2) is 5.84 Å². The molecule has 2 rings (SSSR count). The Bertz CT molecular complexity index is 493. The molecule has 7 heteroatoms. The van der Waals surface area contributed by atoms with Crippen LogP contribution in [0.1, 0.15) is 18.4 Å². The average Bonchev–Trinajstić information content (AvgIpc) is 2.89. The van der Waals surface area contributed by atoms with Crippen molar-refractivity contribution in [3.63, 3.8) is 0 Å². The quantitative estimate of drug-likeness (QED) is 0.382. The number of benzene rings is 1. The molecule has 1 heterocycles. The lowest BCUT2D eigenvalue weighted by atomic mass is 10.1. The molecule has 5 nitrogen and oxygen atoms in total. The molecule has 1 aliphatic heterocycles. The zero-order chi connectivity index (χ0) is 14.7. The van der Waals surface area contributed by atoms with E-state index in [-0.39, 0.29) is 23.2 Å². The van der Waals surface area contributed by atoms with E-state index in [1.54, 1.807) is 7.05 Å². The molecule has 110 valence electrons. The van der Waals surface area contributed by atoms with Gasteiger partial charge in [-0.05, 0) is 25.0 Å². The molecule has 1 unspecified atom stereocenters. The molecule has 1 atom stereocenters. The topological polar surface area (TPSA) is 71.1 Å². The van der Waals surface area contributed by atoms with Crippen LogP contribution < -0.4 is 10.6 Å². The van der Waals surface area contributed by atoms with Crippen molar-refractivity contribution < 1.29 is 18.7 Å². The third-order valence-corrected chi connectivity index (χ3v) is 3.30. The molecule has 0 amide bonds. The molecule has 20 heavy (non-hydrogen) atoms. The molecule has 1 saturated heterocycles. The summed E-state index contributed by atoms with van der Waals surface area (Å²) in [7, 11) is 1.60. The molecular weight excluding hydrogens is 268 g/mol.